The first-order valence-electron chi connectivity index (χ1n) is 8.87. The SMILES string of the molecule is COc1ccc(Br)cc1CSc1nccnc1NCCC1CCCN1C. The van der Waals surface area contributed by atoms with Gasteiger partial charge >= 0.3 is 0 Å². The average Bonchev–Trinajstić information content (AvgIpc) is 3.06. The van der Waals surface area contributed by atoms with Crippen molar-refractivity contribution in [3.8, 4) is 5.75 Å². The summed E-state index contributed by atoms with van der Waals surface area (Å²) in [5.74, 6) is 2.54. The Hall–Kier alpha value is -1.31. The van der Waals surface area contributed by atoms with E-state index in [0.717, 1.165) is 45.3 Å². The van der Waals surface area contributed by atoms with Gasteiger partial charge in [0.05, 0.1) is 7.11 Å². The van der Waals surface area contributed by atoms with Crippen molar-refractivity contribution in [2.75, 3.05) is 32.6 Å². The molecule has 1 fully saturated rings. The highest BCUT2D eigenvalue weighted by Gasteiger charge is 2.20. The number of nitrogens with zero attached hydrogens (tertiary/aromatic N) is 3. The summed E-state index contributed by atoms with van der Waals surface area (Å²) in [6, 6.07) is 6.74. The molecule has 1 saturated heterocycles. The molecule has 2 aromatic rings. The summed E-state index contributed by atoms with van der Waals surface area (Å²) in [6.45, 7) is 2.13. The molecule has 1 aromatic carbocycles. The molecule has 5 nitrogen and oxygen atoms in total. The van der Waals surface area contributed by atoms with E-state index in [2.05, 4.69) is 49.2 Å². The number of hydrogen-bond donors (Lipinski definition) is 1. The standard InChI is InChI=1S/C19H25BrN4OS/c1-24-11-3-4-16(24)7-8-21-18-19(23-10-9-22-18)26-13-14-12-15(20)5-6-17(14)25-2/h5-6,9-10,12,16H,3-4,7-8,11,13H2,1-2H3,(H,21,22). The van der Waals surface area contributed by atoms with Crippen molar-refractivity contribution in [1.82, 2.24) is 14.9 Å². The van der Waals surface area contributed by atoms with Crippen LogP contribution in [-0.2, 0) is 5.75 Å². The van der Waals surface area contributed by atoms with Crippen molar-refractivity contribution in [2.45, 2.75) is 36.1 Å². The molecule has 0 aliphatic carbocycles. The first-order chi connectivity index (χ1) is 12.7. The number of aromatic nitrogens is 2. The van der Waals surface area contributed by atoms with Crippen molar-refractivity contribution in [3.63, 3.8) is 0 Å². The van der Waals surface area contributed by atoms with Gasteiger partial charge in [0.1, 0.15) is 10.8 Å². The largest absolute Gasteiger partial charge is 0.496 e. The summed E-state index contributed by atoms with van der Waals surface area (Å²) in [5.41, 5.74) is 1.14. The Kier molecular flexibility index (Phi) is 7.16. The number of likely N-dealkylation sites (tertiary alicyclic amines) is 1. The van der Waals surface area contributed by atoms with Gasteiger partial charge < -0.3 is 15.0 Å². The topological polar surface area (TPSA) is 50.3 Å². The van der Waals surface area contributed by atoms with Crippen LogP contribution in [0.3, 0.4) is 0 Å². The molecule has 0 radical (unpaired) electrons. The molecule has 1 aliphatic heterocycles. The number of ether oxygens (including phenoxy) is 1. The second-order valence-corrected chi connectivity index (χ2v) is 8.33. The Morgan fingerprint density at radius 1 is 1.35 bits per heavy atom. The van der Waals surface area contributed by atoms with Gasteiger partial charge in [0, 0.05) is 40.8 Å². The van der Waals surface area contributed by atoms with Crippen LogP contribution in [0.1, 0.15) is 24.8 Å². The van der Waals surface area contributed by atoms with Crippen molar-refractivity contribution in [3.05, 3.63) is 40.6 Å². The number of benzene rings is 1. The van der Waals surface area contributed by atoms with Crippen LogP contribution in [0.25, 0.3) is 0 Å². The van der Waals surface area contributed by atoms with E-state index >= 15 is 0 Å². The van der Waals surface area contributed by atoms with Crippen LogP contribution in [0, 0.1) is 0 Å². The highest BCUT2D eigenvalue weighted by molar-refractivity contribution is 9.10. The van der Waals surface area contributed by atoms with Crippen molar-refractivity contribution >= 4 is 33.5 Å². The predicted molar refractivity (Wildman–Crippen MR) is 111 cm³/mol. The minimum Gasteiger partial charge on any atom is -0.496 e. The summed E-state index contributed by atoms with van der Waals surface area (Å²) in [4.78, 5) is 11.4. The smallest absolute Gasteiger partial charge is 0.158 e. The fraction of sp³-hybridized carbons (Fsp3) is 0.474. The van der Waals surface area contributed by atoms with Gasteiger partial charge in [-0.25, -0.2) is 9.97 Å². The highest BCUT2D eigenvalue weighted by atomic mass is 79.9. The van der Waals surface area contributed by atoms with Crippen LogP contribution in [0.15, 0.2) is 40.1 Å². The van der Waals surface area contributed by atoms with E-state index in [1.807, 2.05) is 12.1 Å². The molecule has 0 spiro atoms. The molecular weight excluding hydrogens is 412 g/mol. The van der Waals surface area contributed by atoms with E-state index in [9.17, 15) is 0 Å². The minimum atomic E-state index is 0.682. The lowest BCUT2D eigenvalue weighted by atomic mass is 10.1. The summed E-state index contributed by atoms with van der Waals surface area (Å²) in [6.07, 6.45) is 7.23. The van der Waals surface area contributed by atoms with Crippen LogP contribution in [0.2, 0.25) is 0 Å². The maximum absolute atomic E-state index is 5.46. The molecule has 1 unspecified atom stereocenters. The third kappa shape index (κ3) is 5.11. The Morgan fingerprint density at radius 2 is 2.19 bits per heavy atom. The van der Waals surface area contributed by atoms with Crippen molar-refractivity contribution in [2.24, 2.45) is 0 Å². The van der Waals surface area contributed by atoms with E-state index in [1.54, 1.807) is 31.3 Å². The molecule has 0 bridgehead atoms. The Bertz CT molecular complexity index is 730. The van der Waals surface area contributed by atoms with Crippen LogP contribution in [0.4, 0.5) is 5.82 Å². The zero-order valence-corrected chi connectivity index (χ0v) is 17.6. The molecule has 1 aromatic heterocycles. The van der Waals surface area contributed by atoms with E-state index in [0.29, 0.717) is 6.04 Å². The zero-order valence-electron chi connectivity index (χ0n) is 15.2. The predicted octanol–water partition coefficient (Wildman–Crippen LogP) is 4.44. The van der Waals surface area contributed by atoms with E-state index < -0.39 is 0 Å². The Balaban J connectivity index is 1.59. The van der Waals surface area contributed by atoms with Gasteiger partial charge in [-0.15, -0.1) is 0 Å². The second kappa shape index (κ2) is 9.58. The number of anilines is 1. The summed E-state index contributed by atoms with van der Waals surface area (Å²) in [7, 11) is 3.92. The summed E-state index contributed by atoms with van der Waals surface area (Å²) >= 11 is 5.20. The molecule has 7 heteroatoms. The highest BCUT2D eigenvalue weighted by Crippen LogP contribution is 2.31. The van der Waals surface area contributed by atoms with Crippen LogP contribution < -0.4 is 10.1 Å². The third-order valence-electron chi connectivity index (χ3n) is 4.71. The molecule has 1 N–H and O–H groups in total. The Labute approximate surface area is 168 Å². The fourth-order valence-electron chi connectivity index (χ4n) is 3.26. The third-order valence-corrected chi connectivity index (χ3v) is 6.23. The number of halogens is 1. The molecule has 0 amide bonds. The van der Waals surface area contributed by atoms with E-state index in [-0.39, 0.29) is 0 Å². The van der Waals surface area contributed by atoms with Gasteiger partial charge in [0.2, 0.25) is 0 Å². The normalized spacial score (nSPS) is 17.4. The summed E-state index contributed by atoms with van der Waals surface area (Å²) in [5, 5.41) is 4.40. The van der Waals surface area contributed by atoms with Gasteiger partial charge in [-0.05, 0) is 51.1 Å². The molecule has 1 atom stereocenters. The Morgan fingerprint density at radius 3 is 2.96 bits per heavy atom. The van der Waals surface area contributed by atoms with Gasteiger partial charge in [-0.2, -0.15) is 0 Å². The first-order valence-corrected chi connectivity index (χ1v) is 10.7. The lowest BCUT2D eigenvalue weighted by Crippen LogP contribution is -2.27. The fourth-order valence-corrected chi connectivity index (χ4v) is 4.58. The number of nitrogens with one attached hydrogen (secondary N) is 1. The minimum absolute atomic E-state index is 0.682. The van der Waals surface area contributed by atoms with Crippen LogP contribution >= 0.6 is 27.7 Å². The van der Waals surface area contributed by atoms with Gasteiger partial charge in [-0.1, -0.05) is 27.7 Å². The summed E-state index contributed by atoms with van der Waals surface area (Å²) < 4.78 is 6.51. The van der Waals surface area contributed by atoms with E-state index in [4.69, 9.17) is 4.74 Å². The average molecular weight is 437 g/mol. The monoisotopic (exact) mass is 436 g/mol. The number of rotatable bonds is 8. The first kappa shape index (κ1) is 19.5. The molecule has 0 saturated carbocycles. The molecule has 140 valence electrons. The second-order valence-electron chi connectivity index (χ2n) is 6.45. The molecule has 2 heterocycles. The van der Waals surface area contributed by atoms with Crippen molar-refractivity contribution < 1.29 is 4.74 Å². The van der Waals surface area contributed by atoms with Gasteiger partial charge in [0.15, 0.2) is 5.82 Å². The quantitative estimate of drug-likeness (QED) is 0.617. The maximum atomic E-state index is 5.46. The van der Waals surface area contributed by atoms with Crippen molar-refractivity contribution in [1.29, 1.82) is 0 Å². The molecule has 1 aliphatic rings. The number of methoxy groups -OCH3 is 1. The van der Waals surface area contributed by atoms with E-state index in [1.165, 1.54) is 19.4 Å². The maximum Gasteiger partial charge on any atom is 0.158 e. The van der Waals surface area contributed by atoms with Crippen LogP contribution in [0.5, 0.6) is 5.75 Å². The van der Waals surface area contributed by atoms with Gasteiger partial charge in [0.25, 0.3) is 0 Å². The number of thioether (sulfide) groups is 1. The van der Waals surface area contributed by atoms with Crippen LogP contribution in [-0.4, -0.2) is 48.2 Å². The molecule has 3 rings (SSSR count). The lowest BCUT2D eigenvalue weighted by molar-refractivity contribution is 0.301. The number of hydrogen-bond acceptors (Lipinski definition) is 6. The van der Waals surface area contributed by atoms with Gasteiger partial charge in [-0.3, -0.25) is 0 Å². The lowest BCUT2D eigenvalue weighted by Gasteiger charge is -2.19. The molecule has 26 heavy (non-hydrogen) atoms. The zero-order chi connectivity index (χ0) is 18.4. The molecular formula is C19H25BrN4OS.